The lowest BCUT2D eigenvalue weighted by atomic mass is 10.3. The normalized spacial score (nSPS) is 15.6. The first-order valence-corrected chi connectivity index (χ1v) is 7.83. The van der Waals surface area contributed by atoms with E-state index in [0.717, 1.165) is 6.26 Å². The molecule has 21 heavy (non-hydrogen) atoms. The second-order valence-electron chi connectivity index (χ2n) is 4.34. The quantitative estimate of drug-likeness (QED) is 0.868. The highest BCUT2D eigenvalue weighted by Crippen LogP contribution is 2.42. The summed E-state index contributed by atoms with van der Waals surface area (Å²) in [6.45, 7) is -0.0622. The minimum atomic E-state index is -3.72. The van der Waals surface area contributed by atoms with Crippen LogP contribution in [0.15, 0.2) is 18.2 Å². The Morgan fingerprint density at radius 3 is 2.62 bits per heavy atom. The molecule has 0 saturated carbocycles. The molecule has 1 aliphatic heterocycles. The van der Waals surface area contributed by atoms with Gasteiger partial charge in [0.05, 0.1) is 5.75 Å². The zero-order chi connectivity index (χ0) is 15.7. The molecular weight excluding hydrogens is 310 g/mol. The van der Waals surface area contributed by atoms with Crippen LogP contribution in [0.5, 0.6) is 11.5 Å². The van der Waals surface area contributed by atoms with Crippen molar-refractivity contribution in [2.45, 2.75) is 6.29 Å². The number of ether oxygens (including phenoxy) is 2. The molecule has 7 nitrogen and oxygen atoms in total. The molecule has 0 spiro atoms. The summed E-state index contributed by atoms with van der Waals surface area (Å²) >= 11 is 0. The van der Waals surface area contributed by atoms with Crippen molar-refractivity contribution in [2.24, 2.45) is 0 Å². The van der Waals surface area contributed by atoms with Crippen molar-refractivity contribution in [3.8, 4) is 11.5 Å². The summed E-state index contributed by atoms with van der Waals surface area (Å²) in [6, 6.07) is 3.08. The molecule has 116 valence electrons. The lowest BCUT2D eigenvalue weighted by Gasteiger charge is -2.07. The number of hydrogen-bond donors (Lipinski definition) is 2. The Kier molecular flexibility index (Phi) is 3.90. The molecule has 0 unspecified atom stereocenters. The fraction of sp³-hybridized carbons (Fsp3) is 0.364. The number of halogens is 2. The van der Waals surface area contributed by atoms with Crippen LogP contribution in [0.4, 0.5) is 19.3 Å². The number of rotatable bonds is 4. The van der Waals surface area contributed by atoms with Crippen molar-refractivity contribution in [3.05, 3.63) is 18.2 Å². The molecule has 1 heterocycles. The van der Waals surface area contributed by atoms with Gasteiger partial charge in [-0.15, -0.1) is 8.78 Å². The third kappa shape index (κ3) is 4.45. The van der Waals surface area contributed by atoms with Gasteiger partial charge in [0.1, 0.15) is 9.84 Å². The van der Waals surface area contributed by atoms with E-state index in [-0.39, 0.29) is 29.5 Å². The van der Waals surface area contributed by atoms with Gasteiger partial charge in [-0.1, -0.05) is 0 Å². The first-order valence-electron chi connectivity index (χ1n) is 5.77. The van der Waals surface area contributed by atoms with Crippen LogP contribution in [0, 0.1) is 0 Å². The zero-order valence-corrected chi connectivity index (χ0v) is 11.7. The zero-order valence-electron chi connectivity index (χ0n) is 10.9. The number of urea groups is 1. The summed E-state index contributed by atoms with van der Waals surface area (Å²) in [5.41, 5.74) is 0.201. The molecule has 1 aliphatic rings. The van der Waals surface area contributed by atoms with E-state index < -0.39 is 22.2 Å². The summed E-state index contributed by atoms with van der Waals surface area (Å²) < 4.78 is 55.8. The number of sulfone groups is 1. The molecule has 1 aromatic rings. The molecule has 10 heteroatoms. The Labute approximate surface area is 119 Å². The Hall–Kier alpha value is -2.10. The SMILES string of the molecule is CS(=O)(=O)CCNC(=O)Nc1ccc2c(c1)OC(F)(F)O2. The van der Waals surface area contributed by atoms with Crippen LogP contribution in [-0.4, -0.2) is 39.3 Å². The number of anilines is 1. The van der Waals surface area contributed by atoms with Crippen LogP contribution < -0.4 is 20.1 Å². The lowest BCUT2D eigenvalue weighted by Crippen LogP contribution is -2.32. The maximum Gasteiger partial charge on any atom is 0.586 e. The van der Waals surface area contributed by atoms with Crippen LogP contribution in [0.25, 0.3) is 0 Å². The van der Waals surface area contributed by atoms with Crippen LogP contribution in [0.3, 0.4) is 0 Å². The van der Waals surface area contributed by atoms with Gasteiger partial charge >= 0.3 is 12.3 Å². The van der Waals surface area contributed by atoms with Crippen molar-refractivity contribution in [2.75, 3.05) is 23.9 Å². The predicted molar refractivity (Wildman–Crippen MR) is 69.4 cm³/mol. The molecule has 0 aliphatic carbocycles. The fourth-order valence-corrected chi connectivity index (χ4v) is 2.02. The van der Waals surface area contributed by atoms with E-state index in [1.54, 1.807) is 0 Å². The largest absolute Gasteiger partial charge is 0.586 e. The number of hydrogen-bond acceptors (Lipinski definition) is 5. The molecule has 1 aromatic carbocycles. The number of carbonyl (C=O) groups is 1. The number of alkyl halides is 2. The molecule has 0 saturated heterocycles. The van der Waals surface area contributed by atoms with Crippen LogP contribution >= 0.6 is 0 Å². The van der Waals surface area contributed by atoms with Gasteiger partial charge in [0.25, 0.3) is 0 Å². The van der Waals surface area contributed by atoms with Crippen molar-refractivity contribution in [1.29, 1.82) is 0 Å². The molecular formula is C11H12F2N2O5S. The summed E-state index contributed by atoms with van der Waals surface area (Å²) in [5, 5.41) is 4.68. The van der Waals surface area contributed by atoms with E-state index >= 15 is 0 Å². The van der Waals surface area contributed by atoms with E-state index in [2.05, 4.69) is 20.1 Å². The van der Waals surface area contributed by atoms with E-state index in [4.69, 9.17) is 0 Å². The topological polar surface area (TPSA) is 93.7 Å². The lowest BCUT2D eigenvalue weighted by molar-refractivity contribution is -0.286. The van der Waals surface area contributed by atoms with Gasteiger partial charge in [0, 0.05) is 24.6 Å². The highest BCUT2D eigenvalue weighted by Gasteiger charge is 2.43. The number of nitrogens with one attached hydrogen (secondary N) is 2. The molecule has 0 fully saturated rings. The molecule has 2 amide bonds. The van der Waals surface area contributed by atoms with E-state index in [9.17, 15) is 22.0 Å². The summed E-state index contributed by atoms with van der Waals surface area (Å²) in [5.74, 6) is -0.537. The average molecular weight is 322 g/mol. The highest BCUT2D eigenvalue weighted by atomic mass is 32.2. The Balaban J connectivity index is 1.91. The van der Waals surface area contributed by atoms with Gasteiger partial charge in [0.15, 0.2) is 11.5 Å². The van der Waals surface area contributed by atoms with Crippen LogP contribution in [0.2, 0.25) is 0 Å². The predicted octanol–water partition coefficient (Wildman–Crippen LogP) is 1.17. The maximum atomic E-state index is 12.8. The minimum Gasteiger partial charge on any atom is -0.395 e. The van der Waals surface area contributed by atoms with Gasteiger partial charge in [-0.3, -0.25) is 0 Å². The van der Waals surface area contributed by atoms with Crippen molar-refractivity contribution >= 4 is 21.6 Å². The average Bonchev–Trinajstić information content (AvgIpc) is 2.60. The maximum absolute atomic E-state index is 12.8. The third-order valence-corrected chi connectivity index (χ3v) is 3.36. The molecule has 2 rings (SSSR count). The van der Waals surface area contributed by atoms with Crippen LogP contribution in [0.1, 0.15) is 0 Å². The van der Waals surface area contributed by atoms with Crippen molar-refractivity contribution in [3.63, 3.8) is 0 Å². The monoisotopic (exact) mass is 322 g/mol. The Morgan fingerprint density at radius 2 is 1.95 bits per heavy atom. The molecule has 0 bridgehead atoms. The molecule has 2 N–H and O–H groups in total. The second-order valence-corrected chi connectivity index (χ2v) is 6.60. The smallest absolute Gasteiger partial charge is 0.395 e. The van der Waals surface area contributed by atoms with E-state index in [1.165, 1.54) is 18.2 Å². The first-order chi connectivity index (χ1) is 9.65. The van der Waals surface area contributed by atoms with Gasteiger partial charge in [0.2, 0.25) is 0 Å². The van der Waals surface area contributed by atoms with E-state index in [0.29, 0.717) is 0 Å². The minimum absolute atomic E-state index is 0.0622. The van der Waals surface area contributed by atoms with Crippen LogP contribution in [-0.2, 0) is 9.84 Å². The molecule has 0 radical (unpaired) electrons. The van der Waals surface area contributed by atoms with Crippen molar-refractivity contribution < 1.29 is 31.5 Å². The third-order valence-electron chi connectivity index (χ3n) is 2.42. The molecule has 0 atom stereocenters. The van der Waals surface area contributed by atoms with Crippen molar-refractivity contribution in [1.82, 2.24) is 5.32 Å². The number of amides is 2. The summed E-state index contributed by atoms with van der Waals surface area (Å²) in [6.07, 6.45) is -2.68. The van der Waals surface area contributed by atoms with Gasteiger partial charge in [-0.05, 0) is 12.1 Å². The second kappa shape index (κ2) is 5.35. The number of fused-ring (bicyclic) bond motifs is 1. The summed E-state index contributed by atoms with van der Waals surface area (Å²) in [7, 11) is -3.18. The van der Waals surface area contributed by atoms with Gasteiger partial charge < -0.3 is 20.1 Å². The van der Waals surface area contributed by atoms with Gasteiger partial charge in [-0.25, -0.2) is 13.2 Å². The summed E-state index contributed by atoms with van der Waals surface area (Å²) in [4.78, 5) is 11.5. The standard InChI is InChI=1S/C11H12F2N2O5S/c1-21(17,18)5-4-14-10(16)15-7-2-3-8-9(6-7)20-11(12,13)19-8/h2-3,6H,4-5H2,1H3,(H2,14,15,16). The molecule has 0 aromatic heterocycles. The highest BCUT2D eigenvalue weighted by molar-refractivity contribution is 7.90. The fourth-order valence-electron chi connectivity index (χ4n) is 1.55. The number of carbonyl (C=O) groups excluding carboxylic acids is 1. The first kappa shape index (κ1) is 15.3. The Morgan fingerprint density at radius 1 is 1.29 bits per heavy atom. The van der Waals surface area contributed by atoms with Gasteiger partial charge in [-0.2, -0.15) is 0 Å². The number of benzene rings is 1. The Bertz CT molecular complexity index is 663. The van der Waals surface area contributed by atoms with E-state index in [1.807, 2.05) is 0 Å².